The molecule has 3 heterocycles. The van der Waals surface area contributed by atoms with E-state index in [0.717, 1.165) is 22.6 Å². The Morgan fingerprint density at radius 3 is 2.95 bits per heavy atom. The van der Waals surface area contributed by atoms with Crippen molar-refractivity contribution in [2.45, 2.75) is 39.5 Å². The number of amides is 1. The summed E-state index contributed by atoms with van der Waals surface area (Å²) in [7, 11) is 0. The van der Waals surface area contributed by atoms with Crippen LogP contribution in [0.25, 0.3) is 5.65 Å². The molecule has 7 nitrogen and oxygen atoms in total. The molecule has 0 aromatic carbocycles. The quantitative estimate of drug-likeness (QED) is 0.836. The molecule has 0 saturated carbocycles. The van der Waals surface area contributed by atoms with Crippen LogP contribution < -0.4 is 5.32 Å². The highest BCUT2D eigenvalue weighted by Crippen LogP contribution is 2.18. The van der Waals surface area contributed by atoms with E-state index in [1.165, 1.54) is 6.92 Å². The van der Waals surface area contributed by atoms with Crippen LogP contribution in [0.1, 0.15) is 23.9 Å². The third-order valence-electron chi connectivity index (χ3n) is 4.00. The third kappa shape index (κ3) is 2.82. The van der Waals surface area contributed by atoms with Crippen LogP contribution in [0.3, 0.4) is 0 Å². The number of aryl methyl sites for hydroxylation is 2. The highest BCUT2D eigenvalue weighted by molar-refractivity contribution is 5.73. The van der Waals surface area contributed by atoms with Crippen LogP contribution in [-0.2, 0) is 11.3 Å². The van der Waals surface area contributed by atoms with E-state index >= 15 is 0 Å². The van der Waals surface area contributed by atoms with Crippen LogP contribution in [0.4, 0.5) is 0 Å². The topological polar surface area (TPSA) is 82.8 Å². The molecule has 3 rings (SSSR count). The Balaban J connectivity index is 1.78. The lowest BCUT2D eigenvalue weighted by Crippen LogP contribution is -2.41. The van der Waals surface area contributed by atoms with Crippen molar-refractivity contribution in [1.29, 1.82) is 0 Å². The number of aliphatic hydroxyl groups excluding tert-OH is 1. The first-order valence-corrected chi connectivity index (χ1v) is 7.42. The maximum absolute atomic E-state index is 11.2. The molecular formula is C15H21N5O2. The molecule has 1 fully saturated rings. The number of nitrogens with zero attached hydrogens (tertiary/aromatic N) is 4. The zero-order chi connectivity index (χ0) is 15.9. The summed E-state index contributed by atoms with van der Waals surface area (Å²) in [5.74, 6) is -0.116. The molecular weight excluding hydrogens is 282 g/mol. The van der Waals surface area contributed by atoms with Gasteiger partial charge in [-0.15, -0.1) is 0 Å². The summed E-state index contributed by atoms with van der Waals surface area (Å²) in [4.78, 5) is 17.8. The summed E-state index contributed by atoms with van der Waals surface area (Å²) < 4.78 is 1.83. The average Bonchev–Trinajstić information content (AvgIpc) is 2.95. The number of aliphatic hydroxyl groups is 1. The molecule has 118 valence electrons. The largest absolute Gasteiger partial charge is 0.390 e. The normalized spacial score (nSPS) is 22.4. The van der Waals surface area contributed by atoms with E-state index in [1.54, 1.807) is 0 Å². The van der Waals surface area contributed by atoms with E-state index < -0.39 is 6.10 Å². The van der Waals surface area contributed by atoms with Crippen LogP contribution in [0.2, 0.25) is 0 Å². The fraction of sp³-hybridized carbons (Fsp3) is 0.533. The Morgan fingerprint density at radius 2 is 2.23 bits per heavy atom. The summed E-state index contributed by atoms with van der Waals surface area (Å²) in [6.45, 7) is 7.26. The van der Waals surface area contributed by atoms with Gasteiger partial charge in [0.05, 0.1) is 18.3 Å². The second-order valence-electron chi connectivity index (χ2n) is 6.01. The van der Waals surface area contributed by atoms with Gasteiger partial charge in [-0.25, -0.2) is 9.50 Å². The van der Waals surface area contributed by atoms with Gasteiger partial charge in [0.1, 0.15) is 0 Å². The van der Waals surface area contributed by atoms with Crippen molar-refractivity contribution in [3.63, 3.8) is 0 Å². The minimum absolute atomic E-state index is 0.116. The molecule has 2 aromatic heterocycles. The number of carbonyl (C=O) groups excluding carboxylic acids is 1. The summed E-state index contributed by atoms with van der Waals surface area (Å²) in [6.07, 6.45) is 1.29. The highest BCUT2D eigenvalue weighted by atomic mass is 16.3. The fourth-order valence-corrected chi connectivity index (χ4v) is 3.07. The monoisotopic (exact) mass is 303 g/mol. The van der Waals surface area contributed by atoms with E-state index in [2.05, 4.69) is 20.3 Å². The summed E-state index contributed by atoms with van der Waals surface area (Å²) >= 11 is 0. The molecule has 0 radical (unpaired) electrons. The highest BCUT2D eigenvalue weighted by Gasteiger charge is 2.32. The van der Waals surface area contributed by atoms with Crippen LogP contribution in [0, 0.1) is 13.8 Å². The SMILES string of the molecule is CC(=O)N[C@@H]1CN(Cc2cnn3c(C)cc(C)nc23)C[C@H]1O. The predicted octanol–water partition coefficient (Wildman–Crippen LogP) is 0.0273. The smallest absolute Gasteiger partial charge is 0.217 e. The van der Waals surface area contributed by atoms with Crippen molar-refractivity contribution in [3.05, 3.63) is 29.2 Å². The Bertz CT molecular complexity index is 711. The number of likely N-dealkylation sites (tertiary alicyclic amines) is 1. The molecule has 2 atom stereocenters. The summed E-state index contributed by atoms with van der Waals surface area (Å²) in [5, 5.41) is 17.2. The van der Waals surface area contributed by atoms with E-state index in [0.29, 0.717) is 19.6 Å². The maximum Gasteiger partial charge on any atom is 0.217 e. The van der Waals surface area contributed by atoms with Crippen molar-refractivity contribution < 1.29 is 9.90 Å². The standard InChI is InChI=1S/C15H21N5O2/c1-9-4-10(2)20-15(17-9)12(5-16-20)6-19-7-13(14(22)8-19)18-11(3)21/h4-5,13-14,22H,6-8H2,1-3H3,(H,18,21)/t13-,14-/m1/s1. The predicted molar refractivity (Wildman–Crippen MR) is 81.3 cm³/mol. The minimum atomic E-state index is -0.540. The van der Waals surface area contributed by atoms with Gasteiger partial charge in [-0.1, -0.05) is 0 Å². The number of fused-ring (bicyclic) bond motifs is 1. The van der Waals surface area contributed by atoms with Crippen LogP contribution in [0.5, 0.6) is 0 Å². The molecule has 2 aromatic rings. The van der Waals surface area contributed by atoms with Crippen LogP contribution in [0.15, 0.2) is 12.3 Å². The van der Waals surface area contributed by atoms with Gasteiger partial charge in [0.2, 0.25) is 5.91 Å². The van der Waals surface area contributed by atoms with Gasteiger partial charge >= 0.3 is 0 Å². The number of nitrogens with one attached hydrogen (secondary N) is 1. The van der Waals surface area contributed by atoms with Crippen molar-refractivity contribution in [2.75, 3.05) is 13.1 Å². The molecule has 1 aliphatic heterocycles. The summed E-state index contributed by atoms with van der Waals surface area (Å²) in [5.41, 5.74) is 3.90. The van der Waals surface area contributed by atoms with Gasteiger partial charge in [-0.2, -0.15) is 5.10 Å². The molecule has 0 bridgehead atoms. The number of aromatic nitrogens is 3. The first-order valence-electron chi connectivity index (χ1n) is 7.42. The third-order valence-corrected chi connectivity index (χ3v) is 4.00. The fourth-order valence-electron chi connectivity index (χ4n) is 3.07. The number of carbonyl (C=O) groups is 1. The van der Waals surface area contributed by atoms with Gasteiger partial charge in [-0.3, -0.25) is 9.69 Å². The van der Waals surface area contributed by atoms with E-state index in [1.807, 2.05) is 30.6 Å². The average molecular weight is 303 g/mol. The number of rotatable bonds is 3. The minimum Gasteiger partial charge on any atom is -0.390 e. The van der Waals surface area contributed by atoms with Gasteiger partial charge in [0, 0.05) is 43.5 Å². The zero-order valence-corrected chi connectivity index (χ0v) is 13.1. The number of hydrogen-bond acceptors (Lipinski definition) is 5. The lowest BCUT2D eigenvalue weighted by molar-refractivity contribution is -0.120. The first-order chi connectivity index (χ1) is 10.4. The van der Waals surface area contributed by atoms with Gasteiger partial charge in [0.15, 0.2) is 5.65 Å². The van der Waals surface area contributed by atoms with Crippen molar-refractivity contribution in [2.24, 2.45) is 0 Å². The molecule has 1 saturated heterocycles. The molecule has 0 aliphatic carbocycles. The molecule has 0 spiro atoms. The molecule has 0 unspecified atom stereocenters. The van der Waals surface area contributed by atoms with Gasteiger partial charge in [-0.05, 0) is 19.9 Å². The Morgan fingerprint density at radius 1 is 1.45 bits per heavy atom. The maximum atomic E-state index is 11.2. The van der Waals surface area contributed by atoms with Crippen molar-refractivity contribution in [1.82, 2.24) is 24.8 Å². The number of hydrogen-bond donors (Lipinski definition) is 2. The Labute approximate surface area is 129 Å². The molecule has 1 amide bonds. The molecule has 22 heavy (non-hydrogen) atoms. The van der Waals surface area contributed by atoms with E-state index in [-0.39, 0.29) is 11.9 Å². The summed E-state index contributed by atoms with van der Waals surface area (Å²) in [6, 6.07) is 1.78. The lowest BCUT2D eigenvalue weighted by atomic mass is 10.2. The first kappa shape index (κ1) is 14.9. The lowest BCUT2D eigenvalue weighted by Gasteiger charge is -2.15. The second kappa shape index (κ2) is 5.66. The number of β-amino-alcohol motifs (C(OH)–C–C–N with tert-alkyl or cyclic N) is 1. The van der Waals surface area contributed by atoms with Crippen molar-refractivity contribution in [3.8, 4) is 0 Å². The Hall–Kier alpha value is -1.99. The van der Waals surface area contributed by atoms with Gasteiger partial charge in [0.25, 0.3) is 0 Å². The Kier molecular flexibility index (Phi) is 3.84. The van der Waals surface area contributed by atoms with Gasteiger partial charge < -0.3 is 10.4 Å². The van der Waals surface area contributed by atoms with E-state index in [9.17, 15) is 9.90 Å². The van der Waals surface area contributed by atoms with E-state index in [4.69, 9.17) is 0 Å². The molecule has 1 aliphatic rings. The van der Waals surface area contributed by atoms with Crippen molar-refractivity contribution >= 4 is 11.6 Å². The second-order valence-corrected chi connectivity index (χ2v) is 6.01. The zero-order valence-electron chi connectivity index (χ0n) is 13.1. The van der Waals surface area contributed by atoms with Crippen LogP contribution >= 0.6 is 0 Å². The molecule has 7 heteroatoms. The molecule has 2 N–H and O–H groups in total. The van der Waals surface area contributed by atoms with Crippen LogP contribution in [-0.4, -0.2) is 55.7 Å².